The summed E-state index contributed by atoms with van der Waals surface area (Å²) in [4.78, 5) is 31.4. The molecule has 2 heterocycles. The van der Waals surface area contributed by atoms with Crippen molar-refractivity contribution in [2.24, 2.45) is 0 Å². The van der Waals surface area contributed by atoms with Crippen molar-refractivity contribution >= 4 is 39.7 Å². The van der Waals surface area contributed by atoms with Gasteiger partial charge in [-0.25, -0.2) is 9.97 Å². The summed E-state index contributed by atoms with van der Waals surface area (Å²) in [5.74, 6) is -0.849. The molecule has 28 heavy (non-hydrogen) atoms. The average Bonchev–Trinajstić information content (AvgIpc) is 3.31. The number of nitro benzene ring substituents is 1. The predicted octanol–water partition coefficient (Wildman–Crippen LogP) is 3.85. The Balaban J connectivity index is 1.65. The predicted molar refractivity (Wildman–Crippen MR) is 103 cm³/mol. The van der Waals surface area contributed by atoms with Crippen molar-refractivity contribution in [1.29, 1.82) is 0 Å². The number of halogens is 1. The van der Waals surface area contributed by atoms with E-state index in [0.29, 0.717) is 11.5 Å². The number of hydrogen-bond acceptors (Lipinski definition) is 6. The summed E-state index contributed by atoms with van der Waals surface area (Å²) in [6.07, 6.45) is 0. The molecular formula is C18H12FN5O3S. The van der Waals surface area contributed by atoms with Gasteiger partial charge in [0.25, 0.3) is 0 Å². The minimum absolute atomic E-state index is 0.0848. The average molecular weight is 397 g/mol. The Morgan fingerprint density at radius 1 is 1.29 bits per heavy atom. The first-order valence-corrected chi connectivity index (χ1v) is 9.05. The molecule has 8 nitrogen and oxygen atoms in total. The van der Waals surface area contributed by atoms with Gasteiger partial charge in [-0.15, -0.1) is 11.3 Å². The highest BCUT2D eigenvalue weighted by atomic mass is 32.1. The van der Waals surface area contributed by atoms with E-state index >= 15 is 0 Å². The van der Waals surface area contributed by atoms with Crippen LogP contribution in [0, 0.1) is 15.9 Å². The molecule has 0 saturated heterocycles. The standard InChI is InChI=1S/C18H12FN5O3S/c19-12-6-5-11(7-16(12)24(26)27)21-17(25)8-23-15-4-2-1-3-13(15)22-18(23)14-9-28-10-20-14/h1-7,9-10H,8H2,(H,21,25). The van der Waals surface area contributed by atoms with Crippen molar-refractivity contribution in [3.63, 3.8) is 0 Å². The number of para-hydroxylation sites is 2. The Morgan fingerprint density at radius 3 is 2.86 bits per heavy atom. The van der Waals surface area contributed by atoms with Crippen LogP contribution in [0.2, 0.25) is 0 Å². The summed E-state index contributed by atoms with van der Waals surface area (Å²) in [6.45, 7) is -0.0848. The number of anilines is 1. The number of nitrogens with zero attached hydrogens (tertiary/aromatic N) is 4. The minimum atomic E-state index is -0.963. The number of nitrogens with one attached hydrogen (secondary N) is 1. The van der Waals surface area contributed by atoms with Crippen molar-refractivity contribution < 1.29 is 14.1 Å². The van der Waals surface area contributed by atoms with Crippen LogP contribution in [0.3, 0.4) is 0 Å². The Hall–Kier alpha value is -3.66. The first-order valence-electron chi connectivity index (χ1n) is 8.10. The molecule has 10 heteroatoms. The molecular weight excluding hydrogens is 385 g/mol. The normalized spacial score (nSPS) is 10.9. The largest absolute Gasteiger partial charge is 0.324 e. The molecule has 2 aromatic heterocycles. The Bertz CT molecular complexity index is 1190. The van der Waals surface area contributed by atoms with E-state index in [1.54, 1.807) is 10.1 Å². The maximum Gasteiger partial charge on any atom is 0.306 e. The molecule has 0 unspecified atom stereocenters. The van der Waals surface area contributed by atoms with Crippen LogP contribution < -0.4 is 5.32 Å². The number of imidazole rings is 1. The van der Waals surface area contributed by atoms with Gasteiger partial charge in [0.15, 0.2) is 5.82 Å². The van der Waals surface area contributed by atoms with Crippen LogP contribution >= 0.6 is 11.3 Å². The second-order valence-corrected chi connectivity index (χ2v) is 6.57. The van der Waals surface area contributed by atoms with Gasteiger partial charge in [0, 0.05) is 17.1 Å². The van der Waals surface area contributed by atoms with Crippen LogP contribution in [0.25, 0.3) is 22.6 Å². The lowest BCUT2D eigenvalue weighted by molar-refractivity contribution is -0.387. The smallest absolute Gasteiger partial charge is 0.306 e. The van der Waals surface area contributed by atoms with E-state index in [1.807, 2.05) is 29.6 Å². The highest BCUT2D eigenvalue weighted by molar-refractivity contribution is 7.07. The van der Waals surface area contributed by atoms with Crippen LogP contribution in [0.4, 0.5) is 15.8 Å². The van der Waals surface area contributed by atoms with E-state index in [4.69, 9.17) is 0 Å². The summed E-state index contributed by atoms with van der Waals surface area (Å²) >= 11 is 1.42. The maximum atomic E-state index is 13.5. The summed E-state index contributed by atoms with van der Waals surface area (Å²) < 4.78 is 15.2. The molecule has 4 aromatic rings. The van der Waals surface area contributed by atoms with E-state index in [2.05, 4.69) is 15.3 Å². The van der Waals surface area contributed by atoms with Crippen LogP contribution in [0.5, 0.6) is 0 Å². The zero-order valence-corrected chi connectivity index (χ0v) is 15.0. The summed E-state index contributed by atoms with van der Waals surface area (Å²) in [6, 6.07) is 10.6. The molecule has 0 bridgehead atoms. The summed E-state index contributed by atoms with van der Waals surface area (Å²) in [5, 5.41) is 15.3. The lowest BCUT2D eigenvalue weighted by Gasteiger charge is -2.09. The minimum Gasteiger partial charge on any atom is -0.324 e. The molecule has 2 aromatic carbocycles. The van der Waals surface area contributed by atoms with Crippen molar-refractivity contribution in [3.8, 4) is 11.5 Å². The van der Waals surface area contributed by atoms with Gasteiger partial charge in [0.1, 0.15) is 12.2 Å². The third kappa shape index (κ3) is 3.32. The van der Waals surface area contributed by atoms with Gasteiger partial charge in [0.2, 0.25) is 11.7 Å². The molecule has 0 radical (unpaired) electrons. The fourth-order valence-corrected chi connectivity index (χ4v) is 3.36. The lowest BCUT2D eigenvalue weighted by atomic mass is 10.2. The van der Waals surface area contributed by atoms with E-state index in [-0.39, 0.29) is 12.2 Å². The van der Waals surface area contributed by atoms with Gasteiger partial charge >= 0.3 is 5.69 Å². The van der Waals surface area contributed by atoms with Gasteiger partial charge in [-0.3, -0.25) is 14.9 Å². The molecule has 0 aliphatic heterocycles. The highest BCUT2D eigenvalue weighted by Gasteiger charge is 2.18. The molecule has 0 fully saturated rings. The van der Waals surface area contributed by atoms with Crippen molar-refractivity contribution in [2.75, 3.05) is 5.32 Å². The topological polar surface area (TPSA) is 103 Å². The van der Waals surface area contributed by atoms with Crippen LogP contribution in [-0.2, 0) is 11.3 Å². The number of benzene rings is 2. The third-order valence-corrected chi connectivity index (χ3v) is 4.63. The first-order chi connectivity index (χ1) is 13.5. The fraction of sp³-hybridized carbons (Fsp3) is 0.0556. The molecule has 0 atom stereocenters. The van der Waals surface area contributed by atoms with E-state index in [9.17, 15) is 19.3 Å². The Labute approximate surface area is 161 Å². The Kier molecular flexibility index (Phi) is 4.53. The second kappa shape index (κ2) is 7.16. The molecule has 0 spiro atoms. The second-order valence-electron chi connectivity index (χ2n) is 5.86. The summed E-state index contributed by atoms with van der Waals surface area (Å²) in [7, 11) is 0. The Morgan fingerprint density at radius 2 is 2.11 bits per heavy atom. The third-order valence-electron chi connectivity index (χ3n) is 4.04. The number of amides is 1. The maximum absolute atomic E-state index is 13.5. The van der Waals surface area contributed by atoms with Crippen LogP contribution in [-0.4, -0.2) is 25.4 Å². The van der Waals surface area contributed by atoms with Crippen LogP contribution in [0.15, 0.2) is 53.4 Å². The molecule has 4 rings (SSSR count). The molecule has 0 aliphatic rings. The van der Waals surface area contributed by atoms with Crippen molar-refractivity contribution in [1.82, 2.24) is 14.5 Å². The first kappa shape index (κ1) is 17.7. The number of aromatic nitrogens is 3. The van der Waals surface area contributed by atoms with Gasteiger partial charge in [-0.1, -0.05) is 12.1 Å². The number of carbonyl (C=O) groups excluding carboxylic acids is 1. The number of nitro groups is 1. The molecule has 1 N–H and O–H groups in total. The van der Waals surface area contributed by atoms with E-state index < -0.39 is 22.3 Å². The zero-order chi connectivity index (χ0) is 19.7. The number of hydrogen-bond donors (Lipinski definition) is 1. The lowest BCUT2D eigenvalue weighted by Crippen LogP contribution is -2.19. The van der Waals surface area contributed by atoms with Gasteiger partial charge < -0.3 is 9.88 Å². The number of carbonyl (C=O) groups is 1. The summed E-state index contributed by atoms with van der Waals surface area (Å²) in [5.41, 5.74) is 3.23. The van der Waals surface area contributed by atoms with E-state index in [1.165, 1.54) is 17.4 Å². The number of rotatable bonds is 5. The van der Waals surface area contributed by atoms with Crippen LogP contribution in [0.1, 0.15) is 0 Å². The highest BCUT2D eigenvalue weighted by Crippen LogP contribution is 2.25. The molecule has 1 amide bonds. The molecule has 0 aliphatic carbocycles. The number of fused-ring (bicyclic) bond motifs is 1. The van der Waals surface area contributed by atoms with Crippen molar-refractivity contribution in [2.45, 2.75) is 6.54 Å². The monoisotopic (exact) mass is 397 g/mol. The van der Waals surface area contributed by atoms with Gasteiger partial charge in [0.05, 0.1) is 21.5 Å². The van der Waals surface area contributed by atoms with Gasteiger partial charge in [-0.05, 0) is 24.3 Å². The molecule has 140 valence electrons. The fourth-order valence-electron chi connectivity index (χ4n) is 2.83. The molecule has 0 saturated carbocycles. The van der Waals surface area contributed by atoms with E-state index in [0.717, 1.165) is 23.2 Å². The number of thiazole rings is 1. The quantitative estimate of drug-likeness (QED) is 0.407. The SMILES string of the molecule is O=C(Cn1c(-c2cscn2)nc2ccccc21)Nc1ccc(F)c([N+](=O)[O-])c1. The van der Waals surface area contributed by atoms with Gasteiger partial charge in [-0.2, -0.15) is 4.39 Å². The zero-order valence-electron chi connectivity index (χ0n) is 14.2. The van der Waals surface area contributed by atoms with Crippen molar-refractivity contribution in [3.05, 3.63) is 69.3 Å².